The van der Waals surface area contributed by atoms with E-state index in [1.54, 1.807) is 6.07 Å². The molecular weight excluding hydrogens is 269 g/mol. The van der Waals surface area contributed by atoms with Crippen molar-refractivity contribution in [3.8, 4) is 0 Å². The van der Waals surface area contributed by atoms with Crippen molar-refractivity contribution in [3.63, 3.8) is 0 Å². The molecule has 0 amide bonds. The van der Waals surface area contributed by atoms with Gasteiger partial charge >= 0.3 is 0 Å². The lowest BCUT2D eigenvalue weighted by Crippen LogP contribution is -2.29. The zero-order valence-electron chi connectivity index (χ0n) is 11.0. The van der Waals surface area contributed by atoms with Gasteiger partial charge in [0.15, 0.2) is 5.58 Å². The molecule has 1 aromatic heterocycles. The fraction of sp³-hybridized carbons (Fsp3) is 0.429. The summed E-state index contributed by atoms with van der Waals surface area (Å²) in [5.41, 5.74) is 0.749. The summed E-state index contributed by atoms with van der Waals surface area (Å²) in [6, 6.07) is 5.69. The summed E-state index contributed by atoms with van der Waals surface area (Å²) < 4.78 is 5.88. The Hall–Kier alpha value is -0.700. The molecular formula is C14H17Cl2NO. The summed E-state index contributed by atoms with van der Waals surface area (Å²) in [4.78, 5) is 0. The van der Waals surface area contributed by atoms with Gasteiger partial charge in [0.2, 0.25) is 0 Å². The predicted octanol–water partition coefficient (Wildman–Crippen LogP) is 5.05. The molecule has 0 saturated carbocycles. The molecule has 0 bridgehead atoms. The second-order valence-electron chi connectivity index (χ2n) is 5.54. The van der Waals surface area contributed by atoms with Crippen LogP contribution in [0.4, 0.5) is 0 Å². The Labute approximate surface area is 117 Å². The third-order valence-electron chi connectivity index (χ3n) is 2.99. The predicted molar refractivity (Wildman–Crippen MR) is 77.5 cm³/mol. The van der Waals surface area contributed by atoms with Crippen LogP contribution in [0.15, 0.2) is 22.6 Å². The minimum absolute atomic E-state index is 0.0545. The molecule has 1 heterocycles. The maximum Gasteiger partial charge on any atom is 0.153 e. The molecule has 1 N–H and O–H groups in total. The third-order valence-corrected chi connectivity index (χ3v) is 3.49. The van der Waals surface area contributed by atoms with Crippen molar-refractivity contribution in [1.82, 2.24) is 5.32 Å². The van der Waals surface area contributed by atoms with Crippen molar-refractivity contribution in [1.29, 1.82) is 0 Å². The van der Waals surface area contributed by atoms with E-state index in [0.717, 1.165) is 11.1 Å². The summed E-state index contributed by atoms with van der Waals surface area (Å²) >= 11 is 12.1. The largest absolute Gasteiger partial charge is 0.458 e. The van der Waals surface area contributed by atoms with Gasteiger partial charge in [0, 0.05) is 10.4 Å². The number of furan rings is 1. The average molecular weight is 286 g/mol. The lowest BCUT2D eigenvalue weighted by Gasteiger charge is -2.28. The molecule has 98 valence electrons. The molecule has 2 nitrogen and oxygen atoms in total. The highest BCUT2D eigenvalue weighted by Gasteiger charge is 2.28. The quantitative estimate of drug-likeness (QED) is 0.836. The normalized spacial score (nSPS) is 14.1. The Morgan fingerprint density at radius 3 is 2.39 bits per heavy atom. The average Bonchev–Trinajstić information content (AvgIpc) is 2.59. The van der Waals surface area contributed by atoms with Crippen LogP contribution in [0.25, 0.3) is 11.0 Å². The maximum absolute atomic E-state index is 6.14. The van der Waals surface area contributed by atoms with E-state index in [-0.39, 0.29) is 11.5 Å². The fourth-order valence-electron chi connectivity index (χ4n) is 2.24. The van der Waals surface area contributed by atoms with Gasteiger partial charge in [-0.25, -0.2) is 0 Å². The second-order valence-corrected chi connectivity index (χ2v) is 6.39. The lowest BCUT2D eigenvalue weighted by atomic mass is 9.85. The van der Waals surface area contributed by atoms with Crippen LogP contribution < -0.4 is 5.32 Å². The van der Waals surface area contributed by atoms with Gasteiger partial charge in [-0.1, -0.05) is 44.0 Å². The van der Waals surface area contributed by atoms with E-state index in [0.29, 0.717) is 15.6 Å². The van der Waals surface area contributed by atoms with Crippen LogP contribution >= 0.6 is 23.2 Å². The van der Waals surface area contributed by atoms with Crippen LogP contribution in [-0.2, 0) is 0 Å². The molecule has 0 aliphatic carbocycles. The van der Waals surface area contributed by atoms with E-state index in [9.17, 15) is 0 Å². The Kier molecular flexibility index (Phi) is 3.63. The van der Waals surface area contributed by atoms with Crippen LogP contribution in [-0.4, -0.2) is 7.05 Å². The SMILES string of the molecule is CNC(c1cc2cc(Cl)cc(Cl)c2o1)C(C)(C)C. The van der Waals surface area contributed by atoms with Crippen molar-refractivity contribution in [2.45, 2.75) is 26.8 Å². The van der Waals surface area contributed by atoms with Crippen molar-refractivity contribution in [2.24, 2.45) is 5.41 Å². The molecule has 0 spiro atoms. The molecule has 0 fully saturated rings. The summed E-state index contributed by atoms with van der Waals surface area (Å²) in [5.74, 6) is 0.879. The van der Waals surface area contributed by atoms with Gasteiger partial charge in [0.05, 0.1) is 11.1 Å². The number of fused-ring (bicyclic) bond motifs is 1. The zero-order valence-corrected chi connectivity index (χ0v) is 12.5. The Balaban J connectivity index is 2.56. The van der Waals surface area contributed by atoms with Crippen LogP contribution in [0.3, 0.4) is 0 Å². The molecule has 1 atom stereocenters. The Morgan fingerprint density at radius 1 is 1.17 bits per heavy atom. The number of benzene rings is 1. The maximum atomic E-state index is 6.14. The first kappa shape index (κ1) is 13.7. The molecule has 18 heavy (non-hydrogen) atoms. The standard InChI is InChI=1S/C14H17Cl2NO/c1-14(2,3)13(17-4)11-6-8-5-9(15)7-10(16)12(8)18-11/h5-7,13,17H,1-4H3. The second kappa shape index (κ2) is 4.76. The Morgan fingerprint density at radius 2 is 1.83 bits per heavy atom. The molecule has 0 saturated heterocycles. The first-order valence-corrected chi connectivity index (χ1v) is 6.64. The van der Waals surface area contributed by atoms with Crippen molar-refractivity contribution < 1.29 is 4.42 Å². The monoisotopic (exact) mass is 285 g/mol. The topological polar surface area (TPSA) is 25.2 Å². The van der Waals surface area contributed by atoms with Crippen LogP contribution in [0.2, 0.25) is 10.0 Å². The smallest absolute Gasteiger partial charge is 0.153 e. The van der Waals surface area contributed by atoms with Gasteiger partial charge < -0.3 is 9.73 Å². The molecule has 1 unspecified atom stereocenters. The third kappa shape index (κ3) is 2.51. The van der Waals surface area contributed by atoms with Gasteiger partial charge in [-0.3, -0.25) is 0 Å². The summed E-state index contributed by atoms with van der Waals surface area (Å²) in [5, 5.41) is 5.39. The molecule has 0 aliphatic heterocycles. The van der Waals surface area contributed by atoms with E-state index in [4.69, 9.17) is 27.6 Å². The van der Waals surface area contributed by atoms with E-state index >= 15 is 0 Å². The zero-order chi connectivity index (χ0) is 13.5. The van der Waals surface area contributed by atoms with Gasteiger partial charge in [-0.15, -0.1) is 0 Å². The molecule has 2 rings (SSSR count). The molecule has 4 heteroatoms. The van der Waals surface area contributed by atoms with Gasteiger partial charge in [0.1, 0.15) is 5.76 Å². The number of hydrogen-bond acceptors (Lipinski definition) is 2. The van der Waals surface area contributed by atoms with Crippen molar-refractivity contribution in [3.05, 3.63) is 34.0 Å². The number of halogens is 2. The first-order valence-electron chi connectivity index (χ1n) is 5.88. The highest BCUT2D eigenvalue weighted by molar-refractivity contribution is 6.38. The first-order chi connectivity index (χ1) is 8.32. The van der Waals surface area contributed by atoms with Crippen LogP contribution in [0, 0.1) is 5.41 Å². The van der Waals surface area contributed by atoms with Crippen LogP contribution in [0.5, 0.6) is 0 Å². The van der Waals surface area contributed by atoms with E-state index in [1.165, 1.54) is 0 Å². The minimum atomic E-state index is 0.0545. The Bertz CT molecular complexity index is 569. The molecule has 0 radical (unpaired) electrons. The summed E-state index contributed by atoms with van der Waals surface area (Å²) in [6.07, 6.45) is 0. The van der Waals surface area contributed by atoms with E-state index in [2.05, 4.69) is 26.1 Å². The van der Waals surface area contributed by atoms with E-state index < -0.39 is 0 Å². The molecule has 0 aliphatic rings. The van der Waals surface area contributed by atoms with Gasteiger partial charge in [0.25, 0.3) is 0 Å². The highest BCUT2D eigenvalue weighted by atomic mass is 35.5. The lowest BCUT2D eigenvalue weighted by molar-refractivity contribution is 0.253. The van der Waals surface area contributed by atoms with Crippen molar-refractivity contribution in [2.75, 3.05) is 7.05 Å². The minimum Gasteiger partial charge on any atom is -0.458 e. The van der Waals surface area contributed by atoms with Crippen LogP contribution in [0.1, 0.15) is 32.6 Å². The molecule has 2 aromatic rings. The number of hydrogen-bond donors (Lipinski definition) is 1. The van der Waals surface area contributed by atoms with E-state index in [1.807, 2.05) is 19.2 Å². The number of nitrogens with one attached hydrogen (secondary N) is 1. The summed E-state index contributed by atoms with van der Waals surface area (Å²) in [6.45, 7) is 6.49. The number of rotatable bonds is 2. The molecule has 1 aromatic carbocycles. The van der Waals surface area contributed by atoms with Gasteiger partial charge in [-0.05, 0) is 30.7 Å². The summed E-state index contributed by atoms with van der Waals surface area (Å²) in [7, 11) is 1.93. The highest BCUT2D eigenvalue weighted by Crippen LogP contribution is 2.38. The van der Waals surface area contributed by atoms with Gasteiger partial charge in [-0.2, -0.15) is 0 Å². The van der Waals surface area contributed by atoms with Crippen molar-refractivity contribution >= 4 is 34.2 Å². The fourth-order valence-corrected chi connectivity index (χ4v) is 2.79.